The van der Waals surface area contributed by atoms with Gasteiger partial charge in [-0.2, -0.15) is 0 Å². The van der Waals surface area contributed by atoms with Crippen molar-refractivity contribution in [3.8, 4) is 0 Å². The average molecular weight is 191 g/mol. The summed E-state index contributed by atoms with van der Waals surface area (Å²) in [6, 6.07) is 0. The van der Waals surface area contributed by atoms with Gasteiger partial charge in [0.1, 0.15) is 6.61 Å². The lowest BCUT2D eigenvalue weighted by Gasteiger charge is -2.08. The number of hydrogen-bond acceptors (Lipinski definition) is 5. The molecule has 0 aromatic heterocycles. The van der Waals surface area contributed by atoms with Crippen molar-refractivity contribution >= 4 is 11.9 Å². The van der Waals surface area contributed by atoms with Crippen molar-refractivity contribution in [3.63, 3.8) is 0 Å². The molecule has 1 atom stereocenters. The molecule has 0 spiro atoms. The summed E-state index contributed by atoms with van der Waals surface area (Å²) in [4.78, 5) is 21.4. The molecular formula is C7H13NO5. The fourth-order valence-electron chi connectivity index (χ4n) is 0.612. The van der Waals surface area contributed by atoms with Crippen LogP contribution in [0.5, 0.6) is 0 Å². The molecular weight excluding hydrogens is 178 g/mol. The van der Waals surface area contributed by atoms with E-state index < -0.39 is 18.0 Å². The lowest BCUT2D eigenvalue weighted by atomic mass is 10.3. The first kappa shape index (κ1) is 11.9. The second-order valence-corrected chi connectivity index (χ2v) is 2.28. The molecule has 13 heavy (non-hydrogen) atoms. The SMILES string of the molecule is COCC(=O)NCC(O)C(=O)OC. The monoisotopic (exact) mass is 191 g/mol. The first-order valence-electron chi connectivity index (χ1n) is 3.63. The Labute approximate surface area is 75.8 Å². The number of ether oxygens (including phenoxy) is 2. The van der Waals surface area contributed by atoms with Crippen molar-refractivity contribution in [3.05, 3.63) is 0 Å². The van der Waals surface area contributed by atoms with Gasteiger partial charge in [-0.1, -0.05) is 0 Å². The van der Waals surface area contributed by atoms with Crippen molar-refractivity contribution in [1.82, 2.24) is 5.32 Å². The van der Waals surface area contributed by atoms with Gasteiger partial charge in [0.15, 0.2) is 6.10 Å². The van der Waals surface area contributed by atoms with E-state index in [0.29, 0.717) is 0 Å². The smallest absolute Gasteiger partial charge is 0.336 e. The van der Waals surface area contributed by atoms with E-state index >= 15 is 0 Å². The third kappa shape index (κ3) is 5.15. The number of methoxy groups -OCH3 is 2. The molecule has 0 heterocycles. The highest BCUT2D eigenvalue weighted by Gasteiger charge is 2.15. The molecule has 0 aliphatic carbocycles. The van der Waals surface area contributed by atoms with E-state index in [2.05, 4.69) is 14.8 Å². The van der Waals surface area contributed by atoms with Gasteiger partial charge in [0.2, 0.25) is 5.91 Å². The van der Waals surface area contributed by atoms with Gasteiger partial charge >= 0.3 is 5.97 Å². The molecule has 1 amide bonds. The maximum absolute atomic E-state index is 10.8. The van der Waals surface area contributed by atoms with Crippen LogP contribution in [0.15, 0.2) is 0 Å². The quantitative estimate of drug-likeness (QED) is 0.505. The molecule has 76 valence electrons. The van der Waals surface area contributed by atoms with E-state index in [1.54, 1.807) is 0 Å². The summed E-state index contributed by atoms with van der Waals surface area (Å²) in [5, 5.41) is 11.3. The molecule has 6 heteroatoms. The molecule has 0 aromatic carbocycles. The number of amides is 1. The lowest BCUT2D eigenvalue weighted by Crippen LogP contribution is -2.38. The van der Waals surface area contributed by atoms with E-state index in [1.807, 2.05) is 0 Å². The number of rotatable bonds is 5. The Morgan fingerprint density at radius 2 is 2.08 bits per heavy atom. The molecule has 1 unspecified atom stereocenters. The summed E-state index contributed by atoms with van der Waals surface area (Å²) in [6.07, 6.45) is -1.33. The maximum Gasteiger partial charge on any atom is 0.336 e. The molecule has 0 saturated carbocycles. The Balaban J connectivity index is 3.63. The molecule has 0 aromatic rings. The highest BCUT2D eigenvalue weighted by Crippen LogP contribution is 1.84. The summed E-state index contributed by atoms with van der Waals surface area (Å²) in [7, 11) is 2.53. The van der Waals surface area contributed by atoms with Gasteiger partial charge in [-0.25, -0.2) is 4.79 Å². The molecule has 0 aliphatic heterocycles. The largest absolute Gasteiger partial charge is 0.467 e. The van der Waals surface area contributed by atoms with Crippen LogP contribution >= 0.6 is 0 Å². The minimum atomic E-state index is -1.33. The summed E-state index contributed by atoms with van der Waals surface area (Å²) < 4.78 is 8.75. The van der Waals surface area contributed by atoms with Crippen LogP contribution in [0.2, 0.25) is 0 Å². The van der Waals surface area contributed by atoms with E-state index in [-0.39, 0.29) is 13.2 Å². The van der Waals surface area contributed by atoms with Crippen LogP contribution in [0.4, 0.5) is 0 Å². The van der Waals surface area contributed by atoms with Crippen LogP contribution in [0.1, 0.15) is 0 Å². The van der Waals surface area contributed by atoms with Crippen molar-refractivity contribution in [2.75, 3.05) is 27.4 Å². The van der Waals surface area contributed by atoms with E-state index in [9.17, 15) is 9.59 Å². The van der Waals surface area contributed by atoms with Gasteiger partial charge in [0, 0.05) is 7.11 Å². The first-order valence-corrected chi connectivity index (χ1v) is 3.63. The number of hydrogen-bond donors (Lipinski definition) is 2. The van der Waals surface area contributed by atoms with Crippen LogP contribution in [-0.4, -0.2) is 50.5 Å². The zero-order chi connectivity index (χ0) is 10.3. The predicted octanol–water partition coefficient (Wildman–Crippen LogP) is -1.72. The second-order valence-electron chi connectivity index (χ2n) is 2.28. The van der Waals surface area contributed by atoms with Crippen molar-refractivity contribution < 1.29 is 24.2 Å². The van der Waals surface area contributed by atoms with Crippen LogP contribution < -0.4 is 5.32 Å². The highest BCUT2D eigenvalue weighted by molar-refractivity contribution is 5.79. The molecule has 0 aliphatic rings. The standard InChI is InChI=1S/C7H13NO5/c1-12-4-6(10)8-3-5(9)7(11)13-2/h5,9H,3-4H2,1-2H3,(H,8,10). The Kier molecular flexibility index (Phi) is 5.82. The van der Waals surface area contributed by atoms with E-state index in [0.717, 1.165) is 7.11 Å². The van der Waals surface area contributed by atoms with E-state index in [4.69, 9.17) is 5.11 Å². The Bertz CT molecular complexity index is 182. The summed E-state index contributed by atoms with van der Waals surface area (Å²) in [5.74, 6) is -1.18. The Morgan fingerprint density at radius 1 is 1.46 bits per heavy atom. The van der Waals surface area contributed by atoms with Crippen LogP contribution in [0.3, 0.4) is 0 Å². The zero-order valence-electron chi connectivity index (χ0n) is 7.57. The minimum absolute atomic E-state index is 0.103. The third-order valence-electron chi connectivity index (χ3n) is 1.24. The van der Waals surface area contributed by atoms with Crippen molar-refractivity contribution in [2.24, 2.45) is 0 Å². The number of nitrogens with one attached hydrogen (secondary N) is 1. The molecule has 0 fully saturated rings. The predicted molar refractivity (Wildman–Crippen MR) is 42.9 cm³/mol. The topological polar surface area (TPSA) is 84.9 Å². The van der Waals surface area contributed by atoms with Gasteiger partial charge in [-0.05, 0) is 0 Å². The molecule has 0 saturated heterocycles. The highest BCUT2D eigenvalue weighted by atomic mass is 16.5. The van der Waals surface area contributed by atoms with Crippen LogP contribution in [0.25, 0.3) is 0 Å². The lowest BCUT2D eigenvalue weighted by molar-refractivity contribution is -0.150. The van der Waals surface area contributed by atoms with Gasteiger partial charge in [-0.15, -0.1) is 0 Å². The number of esters is 1. The summed E-state index contributed by atoms with van der Waals surface area (Å²) >= 11 is 0. The van der Waals surface area contributed by atoms with Gasteiger partial charge in [0.05, 0.1) is 13.7 Å². The average Bonchev–Trinajstić information content (AvgIpc) is 2.13. The summed E-state index contributed by atoms with van der Waals surface area (Å²) in [6.45, 7) is -0.275. The fourth-order valence-corrected chi connectivity index (χ4v) is 0.612. The third-order valence-corrected chi connectivity index (χ3v) is 1.24. The summed E-state index contributed by atoms with van der Waals surface area (Å²) in [5.41, 5.74) is 0. The molecule has 0 rings (SSSR count). The number of aliphatic hydroxyl groups excluding tert-OH is 1. The molecule has 0 radical (unpaired) electrons. The van der Waals surface area contributed by atoms with Crippen LogP contribution in [0, 0.1) is 0 Å². The van der Waals surface area contributed by atoms with E-state index in [1.165, 1.54) is 7.11 Å². The Hall–Kier alpha value is -1.14. The van der Waals surface area contributed by atoms with Crippen molar-refractivity contribution in [1.29, 1.82) is 0 Å². The fraction of sp³-hybridized carbons (Fsp3) is 0.714. The second kappa shape index (κ2) is 6.38. The number of carbonyl (C=O) groups is 2. The number of aliphatic hydroxyl groups is 1. The number of carbonyl (C=O) groups excluding carboxylic acids is 2. The molecule has 2 N–H and O–H groups in total. The van der Waals surface area contributed by atoms with Gasteiger partial charge < -0.3 is 19.9 Å². The van der Waals surface area contributed by atoms with Gasteiger partial charge in [-0.3, -0.25) is 4.79 Å². The van der Waals surface area contributed by atoms with Crippen molar-refractivity contribution in [2.45, 2.75) is 6.10 Å². The Morgan fingerprint density at radius 3 is 2.54 bits per heavy atom. The van der Waals surface area contributed by atoms with Gasteiger partial charge in [0.25, 0.3) is 0 Å². The first-order chi connectivity index (χ1) is 6.11. The molecule has 0 bridgehead atoms. The normalized spacial score (nSPS) is 11.9. The minimum Gasteiger partial charge on any atom is -0.467 e. The zero-order valence-corrected chi connectivity index (χ0v) is 7.57. The maximum atomic E-state index is 10.8. The molecule has 6 nitrogen and oxygen atoms in total. The van der Waals surface area contributed by atoms with Crippen LogP contribution in [-0.2, 0) is 19.1 Å².